The fraction of sp³-hybridized carbons (Fsp3) is 0.294. The number of carbonyl (C=O) groups excluding carboxylic acids is 1. The van der Waals surface area contributed by atoms with Crippen LogP contribution in [0.3, 0.4) is 0 Å². The molecular weight excluding hydrogens is 324 g/mol. The number of hydrogen-bond acceptors (Lipinski definition) is 5. The van der Waals surface area contributed by atoms with E-state index < -0.39 is 6.10 Å². The van der Waals surface area contributed by atoms with Crippen LogP contribution in [0.25, 0.3) is 10.1 Å². The van der Waals surface area contributed by atoms with E-state index in [9.17, 15) is 9.90 Å². The number of likely N-dealkylation sites (tertiary alicyclic amines) is 1. The van der Waals surface area contributed by atoms with Gasteiger partial charge in [0.25, 0.3) is 5.91 Å². The average Bonchev–Trinajstić information content (AvgIpc) is 3.28. The molecule has 0 saturated carbocycles. The summed E-state index contributed by atoms with van der Waals surface area (Å²) in [5.74, 6) is -0.236. The maximum atomic E-state index is 12.1. The van der Waals surface area contributed by atoms with E-state index in [2.05, 4.69) is 38.6 Å². The number of rotatable bonds is 4. The van der Waals surface area contributed by atoms with Crippen molar-refractivity contribution in [1.29, 1.82) is 0 Å². The first-order valence-corrected chi connectivity index (χ1v) is 8.69. The molecule has 1 aliphatic rings. The van der Waals surface area contributed by atoms with Gasteiger partial charge in [0.15, 0.2) is 0 Å². The van der Waals surface area contributed by atoms with Crippen LogP contribution in [0.4, 0.5) is 0 Å². The highest BCUT2D eigenvalue weighted by Crippen LogP contribution is 2.27. The Kier molecular flexibility index (Phi) is 4.05. The fourth-order valence-electron chi connectivity index (χ4n) is 3.10. The molecule has 0 bridgehead atoms. The van der Waals surface area contributed by atoms with Gasteiger partial charge in [0.05, 0.1) is 12.1 Å². The molecule has 3 N–H and O–H groups in total. The van der Waals surface area contributed by atoms with Crippen LogP contribution in [-0.4, -0.2) is 51.3 Å². The van der Waals surface area contributed by atoms with Gasteiger partial charge in [-0.15, -0.1) is 11.3 Å². The molecule has 24 heavy (non-hydrogen) atoms. The van der Waals surface area contributed by atoms with Gasteiger partial charge in [-0.25, -0.2) is 0 Å². The molecule has 2 atom stereocenters. The lowest BCUT2D eigenvalue weighted by atomic mass is 10.2. The van der Waals surface area contributed by atoms with Gasteiger partial charge in [-0.1, -0.05) is 18.2 Å². The topological polar surface area (TPSA) is 81.2 Å². The van der Waals surface area contributed by atoms with Crippen molar-refractivity contribution in [3.05, 3.63) is 53.2 Å². The van der Waals surface area contributed by atoms with Crippen molar-refractivity contribution in [3.8, 4) is 0 Å². The van der Waals surface area contributed by atoms with Crippen LogP contribution in [-0.2, 0) is 6.54 Å². The number of nitrogens with one attached hydrogen (secondary N) is 2. The maximum Gasteiger partial charge on any atom is 0.269 e. The van der Waals surface area contributed by atoms with Gasteiger partial charge in [-0.05, 0) is 23.6 Å². The maximum absolute atomic E-state index is 12.1. The number of benzene rings is 1. The van der Waals surface area contributed by atoms with Crippen LogP contribution < -0.4 is 5.32 Å². The van der Waals surface area contributed by atoms with E-state index in [1.165, 1.54) is 21.2 Å². The minimum absolute atomic E-state index is 0.236. The van der Waals surface area contributed by atoms with Gasteiger partial charge in [0.2, 0.25) is 0 Å². The highest BCUT2D eigenvalue weighted by atomic mass is 32.1. The van der Waals surface area contributed by atoms with Gasteiger partial charge >= 0.3 is 0 Å². The summed E-state index contributed by atoms with van der Waals surface area (Å²) in [6, 6.07) is 11.9. The molecule has 1 fully saturated rings. The molecule has 4 rings (SSSR count). The van der Waals surface area contributed by atoms with Crippen LogP contribution in [0, 0.1) is 0 Å². The minimum atomic E-state index is -0.564. The number of aliphatic hydroxyl groups excluding tert-OH is 1. The first kappa shape index (κ1) is 15.3. The summed E-state index contributed by atoms with van der Waals surface area (Å²) < 4.78 is 1.27. The summed E-state index contributed by atoms with van der Waals surface area (Å²) >= 11 is 1.77. The smallest absolute Gasteiger partial charge is 0.269 e. The largest absolute Gasteiger partial charge is 0.390 e. The minimum Gasteiger partial charge on any atom is -0.390 e. The molecule has 1 aromatic carbocycles. The molecule has 7 heteroatoms. The van der Waals surface area contributed by atoms with E-state index in [1.54, 1.807) is 17.4 Å². The number of aromatic amines is 1. The van der Waals surface area contributed by atoms with Crippen LogP contribution in [0.1, 0.15) is 15.4 Å². The molecule has 0 aliphatic carbocycles. The second-order valence-electron chi connectivity index (χ2n) is 6.06. The summed E-state index contributed by atoms with van der Waals surface area (Å²) in [4.78, 5) is 15.5. The van der Waals surface area contributed by atoms with E-state index in [1.807, 2.05) is 12.1 Å². The Bertz CT molecular complexity index is 812. The lowest BCUT2D eigenvalue weighted by Crippen LogP contribution is -2.42. The first-order chi connectivity index (χ1) is 11.7. The summed E-state index contributed by atoms with van der Waals surface area (Å²) in [7, 11) is 0. The van der Waals surface area contributed by atoms with Crippen molar-refractivity contribution in [2.45, 2.75) is 18.7 Å². The summed E-state index contributed by atoms with van der Waals surface area (Å²) in [6.07, 6.45) is 0.972. The third-order valence-electron chi connectivity index (χ3n) is 4.28. The second kappa shape index (κ2) is 6.35. The second-order valence-corrected chi connectivity index (χ2v) is 7.23. The van der Waals surface area contributed by atoms with Crippen LogP contribution in [0.5, 0.6) is 0 Å². The molecule has 0 radical (unpaired) electrons. The van der Waals surface area contributed by atoms with Crippen molar-refractivity contribution >= 4 is 27.3 Å². The number of aliphatic hydroxyl groups is 1. The van der Waals surface area contributed by atoms with E-state index >= 15 is 0 Å². The molecule has 1 amide bonds. The normalized spacial score (nSPS) is 21.4. The van der Waals surface area contributed by atoms with Crippen LogP contribution >= 0.6 is 11.3 Å². The van der Waals surface area contributed by atoms with Crippen molar-refractivity contribution in [2.24, 2.45) is 0 Å². The van der Waals surface area contributed by atoms with Crippen molar-refractivity contribution in [3.63, 3.8) is 0 Å². The molecular formula is C17H18N4O2S. The zero-order valence-electron chi connectivity index (χ0n) is 13.0. The molecule has 0 unspecified atom stereocenters. The number of hydrogen-bond donors (Lipinski definition) is 3. The van der Waals surface area contributed by atoms with E-state index in [-0.39, 0.29) is 11.9 Å². The molecule has 6 nitrogen and oxygen atoms in total. The molecule has 124 valence electrons. The Morgan fingerprint density at radius 1 is 1.38 bits per heavy atom. The van der Waals surface area contributed by atoms with Gasteiger partial charge in [0.1, 0.15) is 5.69 Å². The molecule has 0 spiro atoms. The molecule has 2 aromatic heterocycles. The number of H-pyrrole nitrogens is 1. The summed E-state index contributed by atoms with van der Waals surface area (Å²) in [5.41, 5.74) is 0.408. The number of nitrogens with zero attached hydrogens (tertiary/aromatic N) is 2. The average molecular weight is 342 g/mol. The van der Waals surface area contributed by atoms with Gasteiger partial charge in [-0.3, -0.25) is 14.8 Å². The number of β-amino-alcohol motifs (C(OH)–C–C–N with tert-alkyl or cyclic N) is 1. The van der Waals surface area contributed by atoms with E-state index in [0.29, 0.717) is 18.8 Å². The van der Waals surface area contributed by atoms with Gasteiger partial charge in [-0.2, -0.15) is 5.10 Å². The summed E-state index contributed by atoms with van der Waals surface area (Å²) in [5, 5.41) is 20.8. The summed E-state index contributed by atoms with van der Waals surface area (Å²) in [6.45, 7) is 1.98. The third kappa shape index (κ3) is 3.06. The molecule has 1 aliphatic heterocycles. The lowest BCUT2D eigenvalue weighted by Gasteiger charge is -2.15. The Balaban J connectivity index is 1.40. The number of fused-ring (bicyclic) bond motifs is 1. The number of aromatic nitrogens is 2. The standard InChI is InChI=1S/C17H18N4O2S/c22-15-10-21(8-12-7-11-3-1-2-4-16(11)24-12)9-14(15)19-17(23)13-5-6-18-20-13/h1-7,14-15,22H,8-10H2,(H,18,20)(H,19,23)/t14-,15-/m1/s1. The molecule has 3 heterocycles. The predicted octanol–water partition coefficient (Wildman–Crippen LogP) is 1.60. The monoisotopic (exact) mass is 342 g/mol. The van der Waals surface area contributed by atoms with Gasteiger partial charge in [0, 0.05) is 35.4 Å². The number of carbonyl (C=O) groups is 1. The Morgan fingerprint density at radius 3 is 3.04 bits per heavy atom. The molecule has 3 aromatic rings. The van der Waals surface area contributed by atoms with Crippen molar-refractivity contribution < 1.29 is 9.90 Å². The van der Waals surface area contributed by atoms with Crippen LogP contribution in [0.15, 0.2) is 42.6 Å². The molecule has 1 saturated heterocycles. The quantitative estimate of drug-likeness (QED) is 0.673. The van der Waals surface area contributed by atoms with E-state index in [4.69, 9.17) is 0 Å². The Morgan fingerprint density at radius 2 is 2.25 bits per heavy atom. The SMILES string of the molecule is O=C(N[C@@H]1CN(Cc2cc3ccccc3s2)C[C@H]1O)c1ccn[nH]1. The van der Waals surface area contributed by atoms with Gasteiger partial charge < -0.3 is 10.4 Å². The Hall–Kier alpha value is -2.22. The van der Waals surface area contributed by atoms with Crippen LogP contribution in [0.2, 0.25) is 0 Å². The lowest BCUT2D eigenvalue weighted by molar-refractivity contribution is 0.0883. The first-order valence-electron chi connectivity index (χ1n) is 7.87. The highest BCUT2D eigenvalue weighted by Gasteiger charge is 2.32. The zero-order valence-corrected chi connectivity index (χ0v) is 13.8. The predicted molar refractivity (Wildman–Crippen MR) is 93.0 cm³/mol. The number of thiophene rings is 1. The Labute approximate surface area is 143 Å². The van der Waals surface area contributed by atoms with Crippen molar-refractivity contribution in [2.75, 3.05) is 13.1 Å². The van der Waals surface area contributed by atoms with E-state index in [0.717, 1.165) is 6.54 Å². The third-order valence-corrected chi connectivity index (χ3v) is 5.38. The highest BCUT2D eigenvalue weighted by molar-refractivity contribution is 7.19. The zero-order chi connectivity index (χ0) is 16.5. The fourth-order valence-corrected chi connectivity index (χ4v) is 4.21. The van der Waals surface area contributed by atoms with Crippen molar-refractivity contribution in [1.82, 2.24) is 20.4 Å². The number of amides is 1.